The lowest BCUT2D eigenvalue weighted by molar-refractivity contribution is -0.123. The lowest BCUT2D eigenvalue weighted by atomic mass is 10.1. The normalized spacial score (nSPS) is 14.3. The van der Waals surface area contributed by atoms with Crippen LogP contribution in [0.1, 0.15) is 22.3 Å². The summed E-state index contributed by atoms with van der Waals surface area (Å²) in [5.41, 5.74) is 2.90. The number of urea groups is 1. The number of nitrogens with zero attached hydrogens (tertiary/aromatic N) is 2. The summed E-state index contributed by atoms with van der Waals surface area (Å²) < 4.78 is 6.43. The van der Waals surface area contributed by atoms with E-state index in [2.05, 4.69) is 27.3 Å². The van der Waals surface area contributed by atoms with E-state index in [4.69, 9.17) is 16.3 Å². The van der Waals surface area contributed by atoms with Crippen LogP contribution in [0, 0.1) is 11.3 Å². The van der Waals surface area contributed by atoms with Crippen molar-refractivity contribution in [3.8, 4) is 11.8 Å². The molecule has 1 heterocycles. The van der Waals surface area contributed by atoms with Crippen molar-refractivity contribution in [1.82, 2.24) is 10.2 Å². The Morgan fingerprint density at radius 3 is 2.55 bits per heavy atom. The maximum absolute atomic E-state index is 12.8. The van der Waals surface area contributed by atoms with E-state index in [1.165, 1.54) is 0 Å². The predicted molar refractivity (Wildman–Crippen MR) is 128 cm³/mol. The highest BCUT2D eigenvalue weighted by molar-refractivity contribution is 9.10. The summed E-state index contributed by atoms with van der Waals surface area (Å²) in [6.07, 6.45) is 1.57. The van der Waals surface area contributed by atoms with E-state index in [-0.39, 0.29) is 18.8 Å². The summed E-state index contributed by atoms with van der Waals surface area (Å²) in [5.74, 6) is 0.00332. The average Bonchev–Trinajstić information content (AvgIpc) is 3.06. The second-order valence-electron chi connectivity index (χ2n) is 7.24. The summed E-state index contributed by atoms with van der Waals surface area (Å²) in [4.78, 5) is 26.2. The third-order valence-electron chi connectivity index (χ3n) is 4.99. The van der Waals surface area contributed by atoms with Crippen LogP contribution in [0.5, 0.6) is 5.75 Å². The standard InChI is InChI=1S/C25H17BrClN3O3/c26-20-10-17(11-21(27)23(20)33-15-19-9-5-4-8-18(19)13-28)12-22-24(31)30(25(32)29-22)14-16-6-2-1-3-7-16/h1-12H,14-15H2,(H,29,32)/b22-12+. The molecule has 0 aliphatic carbocycles. The number of hydrogen-bond acceptors (Lipinski definition) is 4. The molecule has 164 valence electrons. The fraction of sp³-hybridized carbons (Fsp3) is 0.0800. The number of amides is 3. The molecule has 1 N–H and O–H groups in total. The highest BCUT2D eigenvalue weighted by Crippen LogP contribution is 2.36. The molecule has 3 aromatic rings. The highest BCUT2D eigenvalue weighted by atomic mass is 79.9. The summed E-state index contributed by atoms with van der Waals surface area (Å²) >= 11 is 9.88. The second kappa shape index (κ2) is 9.90. The van der Waals surface area contributed by atoms with Gasteiger partial charge in [0.05, 0.1) is 27.7 Å². The van der Waals surface area contributed by atoms with Gasteiger partial charge in [0.2, 0.25) is 0 Å². The first-order valence-corrected chi connectivity index (χ1v) is 11.1. The van der Waals surface area contributed by atoms with Crippen molar-refractivity contribution in [2.24, 2.45) is 0 Å². The zero-order chi connectivity index (χ0) is 23.4. The van der Waals surface area contributed by atoms with Crippen molar-refractivity contribution in [2.45, 2.75) is 13.2 Å². The predicted octanol–water partition coefficient (Wildman–Crippen LogP) is 5.65. The number of hydrogen-bond donors (Lipinski definition) is 1. The van der Waals surface area contributed by atoms with E-state index in [1.54, 1.807) is 30.3 Å². The van der Waals surface area contributed by atoms with Gasteiger partial charge in [-0.1, -0.05) is 60.1 Å². The molecule has 33 heavy (non-hydrogen) atoms. The molecule has 0 radical (unpaired) electrons. The van der Waals surface area contributed by atoms with Crippen LogP contribution in [-0.2, 0) is 17.9 Å². The third-order valence-corrected chi connectivity index (χ3v) is 5.86. The number of carbonyl (C=O) groups is 2. The number of nitriles is 1. The molecule has 1 saturated heterocycles. The maximum Gasteiger partial charge on any atom is 0.329 e. The SMILES string of the molecule is N#Cc1ccccc1COc1c(Cl)cc(/C=C2/NC(=O)N(Cc3ccccc3)C2=O)cc1Br. The number of benzene rings is 3. The first kappa shape index (κ1) is 22.6. The smallest absolute Gasteiger partial charge is 0.329 e. The van der Waals surface area contributed by atoms with Crippen molar-refractivity contribution in [2.75, 3.05) is 0 Å². The number of imide groups is 1. The summed E-state index contributed by atoms with van der Waals surface area (Å²) in [6, 6.07) is 21.5. The number of nitrogens with one attached hydrogen (secondary N) is 1. The van der Waals surface area contributed by atoms with Gasteiger partial charge in [0.1, 0.15) is 12.3 Å². The van der Waals surface area contributed by atoms with Crippen molar-refractivity contribution >= 4 is 45.5 Å². The Morgan fingerprint density at radius 2 is 1.82 bits per heavy atom. The van der Waals surface area contributed by atoms with Crippen LogP contribution in [0.25, 0.3) is 6.08 Å². The van der Waals surface area contributed by atoms with Gasteiger partial charge in [0.25, 0.3) is 5.91 Å². The summed E-state index contributed by atoms with van der Waals surface area (Å²) in [6.45, 7) is 0.357. The lowest BCUT2D eigenvalue weighted by Gasteiger charge is -2.12. The molecule has 0 aromatic heterocycles. The minimum absolute atomic E-state index is 0.163. The average molecular weight is 523 g/mol. The van der Waals surface area contributed by atoms with Gasteiger partial charge in [-0.05, 0) is 51.3 Å². The Balaban J connectivity index is 1.51. The largest absolute Gasteiger partial charge is 0.486 e. The minimum atomic E-state index is -0.476. The quantitative estimate of drug-likeness (QED) is 0.335. The van der Waals surface area contributed by atoms with Crippen LogP contribution in [0.15, 0.2) is 76.9 Å². The van der Waals surface area contributed by atoms with Crippen LogP contribution >= 0.6 is 27.5 Å². The first-order chi connectivity index (χ1) is 16.0. The van der Waals surface area contributed by atoms with E-state index in [9.17, 15) is 14.9 Å². The second-order valence-corrected chi connectivity index (χ2v) is 8.50. The van der Waals surface area contributed by atoms with Crippen LogP contribution in [-0.4, -0.2) is 16.8 Å². The molecule has 1 aliphatic heterocycles. The van der Waals surface area contributed by atoms with Crippen molar-refractivity contribution in [3.05, 3.63) is 104 Å². The number of ether oxygens (including phenoxy) is 1. The van der Waals surface area contributed by atoms with Crippen molar-refractivity contribution in [1.29, 1.82) is 5.26 Å². The molecular formula is C25H17BrClN3O3. The van der Waals surface area contributed by atoms with Crippen molar-refractivity contribution in [3.63, 3.8) is 0 Å². The van der Waals surface area contributed by atoms with E-state index < -0.39 is 11.9 Å². The number of rotatable bonds is 6. The molecule has 0 atom stereocenters. The first-order valence-electron chi connectivity index (χ1n) is 9.94. The van der Waals surface area contributed by atoms with Gasteiger partial charge in [-0.2, -0.15) is 5.26 Å². The Bertz CT molecular complexity index is 1280. The molecule has 8 heteroatoms. The topological polar surface area (TPSA) is 82.4 Å². The van der Waals surface area contributed by atoms with Crippen LogP contribution in [0.4, 0.5) is 4.79 Å². The third kappa shape index (κ3) is 5.08. The summed E-state index contributed by atoms with van der Waals surface area (Å²) in [5, 5.41) is 12.2. The maximum atomic E-state index is 12.8. The van der Waals surface area contributed by atoms with Crippen molar-refractivity contribution < 1.29 is 14.3 Å². The monoisotopic (exact) mass is 521 g/mol. The molecule has 4 rings (SSSR count). The van der Waals surface area contributed by atoms with Gasteiger partial charge in [-0.15, -0.1) is 0 Å². The van der Waals surface area contributed by atoms with E-state index in [0.29, 0.717) is 26.4 Å². The van der Waals surface area contributed by atoms with E-state index >= 15 is 0 Å². The van der Waals surface area contributed by atoms with Crippen LogP contribution < -0.4 is 10.1 Å². The molecule has 0 spiro atoms. The van der Waals surface area contributed by atoms with Gasteiger partial charge < -0.3 is 10.1 Å². The molecule has 1 aliphatic rings. The molecule has 3 amide bonds. The Hall–Kier alpha value is -3.60. The Kier molecular flexibility index (Phi) is 6.78. The molecule has 0 unspecified atom stereocenters. The molecule has 0 bridgehead atoms. The van der Waals surface area contributed by atoms with E-state index in [0.717, 1.165) is 16.0 Å². The zero-order valence-corrected chi connectivity index (χ0v) is 19.6. The molecule has 0 saturated carbocycles. The number of halogens is 2. The van der Waals surface area contributed by atoms with Gasteiger partial charge in [0, 0.05) is 5.56 Å². The van der Waals surface area contributed by atoms with Gasteiger partial charge >= 0.3 is 6.03 Å². The Labute approximate surface area is 204 Å². The van der Waals surface area contributed by atoms with Gasteiger partial charge in [-0.25, -0.2) is 4.79 Å². The van der Waals surface area contributed by atoms with Crippen LogP contribution in [0.2, 0.25) is 5.02 Å². The minimum Gasteiger partial charge on any atom is -0.486 e. The Morgan fingerprint density at radius 1 is 1.09 bits per heavy atom. The summed E-state index contributed by atoms with van der Waals surface area (Å²) in [7, 11) is 0. The number of carbonyl (C=O) groups excluding carboxylic acids is 2. The molecule has 1 fully saturated rings. The molecular weight excluding hydrogens is 506 g/mol. The fourth-order valence-electron chi connectivity index (χ4n) is 3.35. The lowest BCUT2D eigenvalue weighted by Crippen LogP contribution is -2.30. The van der Waals surface area contributed by atoms with Crippen LogP contribution in [0.3, 0.4) is 0 Å². The highest BCUT2D eigenvalue weighted by Gasteiger charge is 2.33. The molecule has 3 aromatic carbocycles. The molecule has 6 nitrogen and oxygen atoms in total. The van der Waals surface area contributed by atoms with E-state index in [1.807, 2.05) is 42.5 Å². The fourth-order valence-corrected chi connectivity index (χ4v) is 4.34. The van der Waals surface area contributed by atoms with Gasteiger partial charge in [0.15, 0.2) is 5.75 Å². The van der Waals surface area contributed by atoms with Gasteiger partial charge in [-0.3, -0.25) is 9.69 Å². The zero-order valence-electron chi connectivity index (χ0n) is 17.2.